The van der Waals surface area contributed by atoms with Crippen LogP contribution in [0.15, 0.2) is 3.95 Å². The summed E-state index contributed by atoms with van der Waals surface area (Å²) < 4.78 is 4.72. The summed E-state index contributed by atoms with van der Waals surface area (Å²) in [6.45, 7) is 6.81. The average Bonchev–Trinajstić information content (AvgIpc) is 2.31. The predicted octanol–water partition coefficient (Wildman–Crippen LogP) is 5.44. The molecule has 0 aromatic rings. The quantitative estimate of drug-likeness (QED) is 0.297. The van der Waals surface area contributed by atoms with Crippen molar-refractivity contribution in [2.24, 2.45) is 3.95 Å². The summed E-state index contributed by atoms with van der Waals surface area (Å²) in [5, 5.41) is 6.85. The first-order valence-electron chi connectivity index (χ1n) is 6.83. The van der Waals surface area contributed by atoms with E-state index in [0.29, 0.717) is 0 Å². The van der Waals surface area contributed by atoms with Crippen molar-refractivity contribution >= 4 is 30.9 Å². The molecule has 94 valence electrons. The minimum absolute atomic E-state index is 1.29. The molecule has 0 bridgehead atoms. The van der Waals surface area contributed by atoms with Gasteiger partial charge in [-0.15, -0.1) is 0 Å². The Morgan fingerprint density at radius 3 is 1.50 bits per heavy atom. The number of rotatable bonds is 10. The van der Waals surface area contributed by atoms with Gasteiger partial charge >= 0.3 is 110 Å². The van der Waals surface area contributed by atoms with E-state index in [1.165, 1.54) is 54.3 Å². The first kappa shape index (κ1) is 16.3. The molecule has 0 heterocycles. The van der Waals surface area contributed by atoms with Crippen LogP contribution in [0.2, 0.25) is 15.8 Å². The number of thiocarbonyl (C=S) groups is 1. The Kier molecular flexibility index (Phi) is 10.7. The summed E-state index contributed by atoms with van der Waals surface area (Å²) in [5.74, 6) is 0. The van der Waals surface area contributed by atoms with Crippen molar-refractivity contribution in [1.29, 1.82) is 0 Å². The van der Waals surface area contributed by atoms with Gasteiger partial charge in [0.1, 0.15) is 0 Å². The molecule has 0 unspecified atom stereocenters. The van der Waals surface area contributed by atoms with Gasteiger partial charge in [0.25, 0.3) is 0 Å². The Labute approximate surface area is 110 Å². The van der Waals surface area contributed by atoms with Crippen molar-refractivity contribution in [3.8, 4) is 0 Å². The monoisotopic (exact) mass is 303 g/mol. The van der Waals surface area contributed by atoms with Crippen LogP contribution in [-0.2, 0) is 0 Å². The Hall–Kier alpha value is 0.343. The Balaban J connectivity index is 4.51. The molecule has 0 rings (SSSR count). The van der Waals surface area contributed by atoms with Crippen LogP contribution < -0.4 is 0 Å². The van der Waals surface area contributed by atoms with Crippen molar-refractivity contribution in [3.63, 3.8) is 0 Å². The number of unbranched alkanes of at least 4 members (excludes halogenated alkanes) is 3. The van der Waals surface area contributed by atoms with E-state index in [9.17, 15) is 0 Å². The summed E-state index contributed by atoms with van der Waals surface area (Å²) in [7, 11) is 0. The van der Waals surface area contributed by atoms with E-state index in [1.54, 1.807) is 0 Å². The summed E-state index contributed by atoms with van der Waals surface area (Å²) in [6.07, 6.45) is 7.89. The van der Waals surface area contributed by atoms with Gasteiger partial charge in [0.2, 0.25) is 0 Å². The van der Waals surface area contributed by atoms with Gasteiger partial charge in [-0.25, -0.2) is 0 Å². The van der Waals surface area contributed by atoms with Crippen LogP contribution in [-0.4, -0.2) is 18.6 Å². The van der Waals surface area contributed by atoms with Gasteiger partial charge < -0.3 is 0 Å². The van der Waals surface area contributed by atoms with Crippen LogP contribution in [0.25, 0.3) is 0 Å². The average molecular weight is 302 g/mol. The molecule has 0 saturated carbocycles. The SMILES string of the molecule is CCC[CH2][Ge]([CH2]CCC)([CH2]CCC)[N]=C=S. The molecule has 1 nitrogen and oxygen atoms in total. The van der Waals surface area contributed by atoms with Gasteiger partial charge in [-0.05, 0) is 0 Å². The van der Waals surface area contributed by atoms with Crippen LogP contribution in [0.1, 0.15) is 59.3 Å². The van der Waals surface area contributed by atoms with Crippen molar-refractivity contribution in [2.45, 2.75) is 75.1 Å². The maximum absolute atomic E-state index is 4.88. The van der Waals surface area contributed by atoms with Gasteiger partial charge in [-0.3, -0.25) is 0 Å². The Morgan fingerprint density at radius 2 is 1.25 bits per heavy atom. The fourth-order valence-corrected chi connectivity index (χ4v) is 12.2. The number of isothiocyanates is 1. The van der Waals surface area contributed by atoms with Gasteiger partial charge in [0.15, 0.2) is 0 Å². The zero-order valence-electron chi connectivity index (χ0n) is 11.2. The Morgan fingerprint density at radius 1 is 0.875 bits per heavy atom. The van der Waals surface area contributed by atoms with Crippen molar-refractivity contribution in [1.82, 2.24) is 0 Å². The number of nitrogens with zero attached hydrogens (tertiary/aromatic N) is 1. The fraction of sp³-hybridized carbons (Fsp3) is 0.923. The van der Waals surface area contributed by atoms with Gasteiger partial charge in [0, 0.05) is 0 Å². The molecular weight excluding hydrogens is 275 g/mol. The summed E-state index contributed by atoms with van der Waals surface area (Å²) in [6, 6.07) is 0. The molecule has 0 aliphatic carbocycles. The first-order valence-corrected chi connectivity index (χ1v) is 12.6. The number of hydrogen-bond donors (Lipinski definition) is 0. The van der Waals surface area contributed by atoms with E-state index in [2.05, 4.69) is 25.9 Å². The van der Waals surface area contributed by atoms with Crippen LogP contribution in [0.4, 0.5) is 0 Å². The second-order valence-corrected chi connectivity index (χ2v) is 13.7. The summed E-state index contributed by atoms with van der Waals surface area (Å²) >= 11 is 2.89. The molecule has 0 aliphatic heterocycles. The third-order valence-electron chi connectivity index (χ3n) is 3.27. The molecule has 0 radical (unpaired) electrons. The third-order valence-corrected chi connectivity index (χ3v) is 13.0. The minimum atomic E-state index is -2.00. The normalized spacial score (nSPS) is 11.2. The molecule has 0 atom stereocenters. The molecule has 0 aromatic heterocycles. The van der Waals surface area contributed by atoms with E-state index < -0.39 is 13.5 Å². The van der Waals surface area contributed by atoms with Gasteiger partial charge in [-0.2, -0.15) is 0 Å². The van der Waals surface area contributed by atoms with Gasteiger partial charge in [0.05, 0.1) is 0 Å². The predicted molar refractivity (Wildman–Crippen MR) is 79.9 cm³/mol. The van der Waals surface area contributed by atoms with Crippen molar-refractivity contribution in [3.05, 3.63) is 0 Å². The van der Waals surface area contributed by atoms with E-state index in [4.69, 9.17) is 16.2 Å². The molecule has 0 fully saturated rings. The number of hydrogen-bond acceptors (Lipinski definition) is 2. The van der Waals surface area contributed by atoms with Crippen LogP contribution in [0.3, 0.4) is 0 Å². The topological polar surface area (TPSA) is 12.4 Å². The van der Waals surface area contributed by atoms with Crippen LogP contribution >= 0.6 is 12.2 Å². The molecular formula is C13H27GeNS. The molecule has 0 amide bonds. The summed E-state index contributed by atoms with van der Waals surface area (Å²) in [4.78, 5) is 0. The van der Waals surface area contributed by atoms with E-state index in [1.807, 2.05) is 0 Å². The molecule has 0 spiro atoms. The standard InChI is InChI=1S/C13H27GeNS/c1-4-7-10-14(15-13-16,11-8-5-2)12-9-6-3/h4-12H2,1-3H3. The molecule has 0 aliphatic rings. The van der Waals surface area contributed by atoms with Crippen LogP contribution in [0.5, 0.6) is 0 Å². The molecule has 0 N–H and O–H groups in total. The molecule has 0 saturated heterocycles. The zero-order chi connectivity index (χ0) is 12.3. The maximum atomic E-state index is 4.88. The zero-order valence-corrected chi connectivity index (χ0v) is 14.1. The third kappa shape index (κ3) is 6.82. The van der Waals surface area contributed by atoms with E-state index >= 15 is 0 Å². The second kappa shape index (κ2) is 10.5. The van der Waals surface area contributed by atoms with E-state index in [-0.39, 0.29) is 0 Å². The molecule has 3 heteroatoms. The Bertz CT molecular complexity index is 190. The fourth-order valence-electron chi connectivity index (χ4n) is 2.16. The van der Waals surface area contributed by atoms with Crippen molar-refractivity contribution in [2.75, 3.05) is 0 Å². The summed E-state index contributed by atoms with van der Waals surface area (Å²) in [5.41, 5.74) is 0. The van der Waals surface area contributed by atoms with E-state index in [0.717, 1.165) is 0 Å². The first-order chi connectivity index (χ1) is 7.74. The van der Waals surface area contributed by atoms with Crippen molar-refractivity contribution < 1.29 is 0 Å². The second-order valence-electron chi connectivity index (χ2n) is 4.74. The molecule has 16 heavy (non-hydrogen) atoms. The van der Waals surface area contributed by atoms with Crippen LogP contribution in [0, 0.1) is 0 Å². The molecule has 0 aromatic carbocycles. The van der Waals surface area contributed by atoms with Gasteiger partial charge in [-0.1, -0.05) is 0 Å².